The number of nitrogens with zero attached hydrogens (tertiary/aromatic N) is 2. The largest absolute Gasteiger partial charge is 0.465 e. The molecule has 2 unspecified atom stereocenters. The number of amides is 1. The fourth-order valence-corrected chi connectivity index (χ4v) is 4.22. The van der Waals surface area contributed by atoms with E-state index in [1.54, 1.807) is 16.2 Å². The van der Waals surface area contributed by atoms with E-state index in [0.29, 0.717) is 12.5 Å². The number of likely N-dealkylation sites (tertiary alicyclic amines) is 1. The standard InChI is InChI=1S/C14H16N2O2S.C8H7ClO2/c1-9-2-4-12(16(7-9)14(17)18)10-3-5-13-11(6-10)15-8-19-13;9-8(10)11-6-7-4-2-1-3-5-7/h3,5-6,8-9,12H,2,4,7H2,1H3,(H,17,18);1-5H,6H2. The average molecular weight is 447 g/mol. The number of fused-ring (bicyclic) bond motifs is 1. The lowest BCUT2D eigenvalue weighted by atomic mass is 9.90. The molecule has 8 heteroatoms. The first-order valence-corrected chi connectivity index (χ1v) is 10.9. The number of carboxylic acid groups (broad SMARTS) is 1. The van der Waals surface area contributed by atoms with Crippen molar-refractivity contribution in [2.24, 2.45) is 5.92 Å². The summed E-state index contributed by atoms with van der Waals surface area (Å²) in [4.78, 5) is 27.5. The molecule has 2 heterocycles. The zero-order chi connectivity index (χ0) is 21.5. The Bertz CT molecular complexity index is 995. The topological polar surface area (TPSA) is 79.7 Å². The maximum atomic E-state index is 11.4. The van der Waals surface area contributed by atoms with Crippen LogP contribution in [-0.2, 0) is 11.3 Å². The molecular formula is C22H23ClN2O4S. The first-order chi connectivity index (χ1) is 14.4. The van der Waals surface area contributed by atoms with Gasteiger partial charge in [-0.2, -0.15) is 0 Å². The molecule has 6 nitrogen and oxygen atoms in total. The normalized spacial score (nSPS) is 18.4. The Hall–Kier alpha value is -2.64. The van der Waals surface area contributed by atoms with Crippen molar-refractivity contribution < 1.29 is 19.4 Å². The number of halogens is 1. The molecule has 3 aromatic rings. The van der Waals surface area contributed by atoms with Gasteiger partial charge in [0, 0.05) is 18.1 Å². The first kappa shape index (κ1) is 22.1. The Kier molecular flexibility index (Phi) is 7.65. The van der Waals surface area contributed by atoms with Gasteiger partial charge in [0.2, 0.25) is 0 Å². The van der Waals surface area contributed by atoms with Gasteiger partial charge in [0.15, 0.2) is 0 Å². The lowest BCUT2D eigenvalue weighted by molar-refractivity contribution is 0.0900. The third-order valence-corrected chi connectivity index (χ3v) is 5.92. The summed E-state index contributed by atoms with van der Waals surface area (Å²) in [6, 6.07) is 15.4. The molecule has 0 aliphatic carbocycles. The summed E-state index contributed by atoms with van der Waals surface area (Å²) in [6.45, 7) is 2.97. The molecule has 1 aliphatic heterocycles. The van der Waals surface area contributed by atoms with Gasteiger partial charge in [-0.1, -0.05) is 43.3 Å². The van der Waals surface area contributed by atoms with Gasteiger partial charge in [0.25, 0.3) is 0 Å². The molecule has 0 radical (unpaired) electrons. The smallest absolute Gasteiger partial charge is 0.407 e. The second-order valence-corrected chi connectivity index (χ2v) is 8.42. The summed E-state index contributed by atoms with van der Waals surface area (Å²) in [5, 5.41) is 9.37. The lowest BCUT2D eigenvalue weighted by Gasteiger charge is -2.37. The van der Waals surface area contributed by atoms with Crippen LogP contribution in [0.15, 0.2) is 54.0 Å². The van der Waals surface area contributed by atoms with Gasteiger partial charge >= 0.3 is 11.5 Å². The third kappa shape index (κ3) is 5.93. The van der Waals surface area contributed by atoms with Crippen LogP contribution in [0.4, 0.5) is 9.59 Å². The van der Waals surface area contributed by atoms with Crippen LogP contribution in [-0.4, -0.2) is 33.1 Å². The van der Waals surface area contributed by atoms with Crippen molar-refractivity contribution in [1.29, 1.82) is 0 Å². The summed E-state index contributed by atoms with van der Waals surface area (Å²) in [7, 11) is 0. The monoisotopic (exact) mass is 446 g/mol. The summed E-state index contributed by atoms with van der Waals surface area (Å²) >= 11 is 6.58. The zero-order valence-corrected chi connectivity index (χ0v) is 18.1. The van der Waals surface area contributed by atoms with Crippen molar-refractivity contribution >= 4 is 44.7 Å². The van der Waals surface area contributed by atoms with Gasteiger partial charge in [-0.05, 0) is 42.0 Å². The highest BCUT2D eigenvalue weighted by Crippen LogP contribution is 2.34. The highest BCUT2D eigenvalue weighted by molar-refractivity contribution is 7.16. The third-order valence-electron chi connectivity index (χ3n) is 5.00. The Balaban J connectivity index is 0.000000199. The average Bonchev–Trinajstić information content (AvgIpc) is 3.21. The van der Waals surface area contributed by atoms with Gasteiger partial charge in [-0.15, -0.1) is 11.3 Å². The molecule has 4 rings (SSSR count). The molecule has 2 atom stereocenters. The van der Waals surface area contributed by atoms with Gasteiger partial charge in [0.1, 0.15) is 6.61 Å². The van der Waals surface area contributed by atoms with E-state index >= 15 is 0 Å². The van der Waals surface area contributed by atoms with Crippen molar-refractivity contribution in [1.82, 2.24) is 9.88 Å². The molecule has 1 aliphatic rings. The van der Waals surface area contributed by atoms with E-state index in [2.05, 4.69) is 16.6 Å². The Morgan fingerprint density at radius 1 is 1.23 bits per heavy atom. The minimum Gasteiger partial charge on any atom is -0.465 e. The highest BCUT2D eigenvalue weighted by Gasteiger charge is 2.30. The fourth-order valence-electron chi connectivity index (χ4n) is 3.51. The van der Waals surface area contributed by atoms with Gasteiger partial charge in [0.05, 0.1) is 21.8 Å². The molecule has 1 amide bonds. The molecule has 0 saturated carbocycles. The number of carbonyl (C=O) groups excluding carboxylic acids is 1. The molecule has 30 heavy (non-hydrogen) atoms. The van der Waals surface area contributed by atoms with Gasteiger partial charge < -0.3 is 14.7 Å². The predicted molar refractivity (Wildman–Crippen MR) is 118 cm³/mol. The second-order valence-electron chi connectivity index (χ2n) is 7.22. The molecule has 2 aromatic carbocycles. The van der Waals surface area contributed by atoms with Crippen molar-refractivity contribution in [3.05, 3.63) is 65.2 Å². The fraction of sp³-hybridized carbons (Fsp3) is 0.318. The van der Waals surface area contributed by atoms with Crippen LogP contribution in [0.2, 0.25) is 0 Å². The van der Waals surface area contributed by atoms with Crippen LogP contribution < -0.4 is 0 Å². The van der Waals surface area contributed by atoms with E-state index in [1.165, 1.54) is 0 Å². The van der Waals surface area contributed by atoms with Gasteiger partial charge in [-0.3, -0.25) is 0 Å². The SMILES string of the molecule is CC1CCC(c2ccc3scnc3c2)N(C(=O)O)C1.O=C(Cl)OCc1ccccc1. The summed E-state index contributed by atoms with van der Waals surface area (Å²) in [5.41, 5.74) is 4.02. The van der Waals surface area contributed by atoms with E-state index in [0.717, 1.165) is 34.2 Å². The van der Waals surface area contributed by atoms with Crippen LogP contribution in [0.25, 0.3) is 10.2 Å². The minimum absolute atomic E-state index is 0.0280. The molecule has 1 fully saturated rings. The number of benzene rings is 2. The number of hydrogen-bond donors (Lipinski definition) is 1. The Morgan fingerprint density at radius 3 is 2.70 bits per heavy atom. The lowest BCUT2D eigenvalue weighted by Crippen LogP contribution is -2.40. The van der Waals surface area contributed by atoms with Crippen LogP contribution in [0.3, 0.4) is 0 Å². The van der Waals surface area contributed by atoms with Crippen molar-refractivity contribution in [2.45, 2.75) is 32.4 Å². The number of carbonyl (C=O) groups is 2. The van der Waals surface area contributed by atoms with Crippen LogP contribution >= 0.6 is 22.9 Å². The van der Waals surface area contributed by atoms with Crippen molar-refractivity contribution in [3.63, 3.8) is 0 Å². The van der Waals surface area contributed by atoms with Crippen molar-refractivity contribution in [3.8, 4) is 0 Å². The summed E-state index contributed by atoms with van der Waals surface area (Å²) in [5.74, 6) is 0.440. The molecule has 1 N–H and O–H groups in total. The van der Waals surface area contributed by atoms with E-state index in [-0.39, 0.29) is 12.6 Å². The van der Waals surface area contributed by atoms with E-state index in [4.69, 9.17) is 11.6 Å². The Morgan fingerprint density at radius 2 is 2.00 bits per heavy atom. The number of rotatable bonds is 3. The molecule has 0 spiro atoms. The van der Waals surface area contributed by atoms with Gasteiger partial charge in [-0.25, -0.2) is 14.6 Å². The Labute approximate surface area is 184 Å². The van der Waals surface area contributed by atoms with E-state index in [9.17, 15) is 14.7 Å². The summed E-state index contributed by atoms with van der Waals surface area (Å²) in [6.07, 6.45) is 1.14. The van der Waals surface area contributed by atoms with Crippen molar-refractivity contribution in [2.75, 3.05) is 6.54 Å². The summed E-state index contributed by atoms with van der Waals surface area (Å²) < 4.78 is 5.70. The second kappa shape index (κ2) is 10.4. The zero-order valence-electron chi connectivity index (χ0n) is 16.5. The highest BCUT2D eigenvalue weighted by atomic mass is 35.5. The molecular weight excluding hydrogens is 424 g/mol. The number of piperidine rings is 1. The first-order valence-electron chi connectivity index (χ1n) is 9.63. The number of thiazole rings is 1. The predicted octanol–water partition coefficient (Wildman–Crippen LogP) is 6.31. The molecule has 1 aromatic heterocycles. The molecule has 158 valence electrons. The maximum Gasteiger partial charge on any atom is 0.407 e. The number of aromatic nitrogens is 1. The maximum absolute atomic E-state index is 11.4. The van der Waals surface area contributed by atoms with Crippen LogP contribution in [0.1, 0.15) is 36.9 Å². The molecule has 0 bridgehead atoms. The van der Waals surface area contributed by atoms with E-state index in [1.807, 2.05) is 54.0 Å². The number of ether oxygens (including phenoxy) is 1. The van der Waals surface area contributed by atoms with E-state index < -0.39 is 11.5 Å². The minimum atomic E-state index is -0.824. The van der Waals surface area contributed by atoms with Crippen LogP contribution in [0, 0.1) is 5.92 Å². The number of hydrogen-bond acceptors (Lipinski definition) is 5. The quantitative estimate of drug-likeness (QED) is 0.477. The molecule has 1 saturated heterocycles. The van der Waals surface area contributed by atoms with Crippen LogP contribution in [0.5, 0.6) is 0 Å².